The molecule has 6 nitrogen and oxygen atoms in total. The van der Waals surface area contributed by atoms with E-state index >= 15 is 0 Å². The van der Waals surface area contributed by atoms with Crippen LogP contribution in [0, 0.1) is 5.82 Å². The minimum absolute atomic E-state index is 0.0770. The molecule has 0 aliphatic rings. The van der Waals surface area contributed by atoms with Crippen LogP contribution in [0.3, 0.4) is 0 Å². The zero-order chi connectivity index (χ0) is 11.3. The van der Waals surface area contributed by atoms with Crippen LogP contribution in [-0.4, -0.2) is 29.9 Å². The molecule has 0 aliphatic carbocycles. The molecule has 1 rings (SSSR count). The number of ether oxygens (including phenoxy) is 2. The van der Waals surface area contributed by atoms with Crippen LogP contribution in [0.25, 0.3) is 0 Å². The first-order valence-electron chi connectivity index (χ1n) is 4.24. The Bertz CT molecular complexity index is 380. The van der Waals surface area contributed by atoms with Crippen LogP contribution in [0.1, 0.15) is 0 Å². The van der Waals surface area contributed by atoms with Gasteiger partial charge < -0.3 is 15.2 Å². The number of methoxy groups -OCH3 is 1. The normalized spacial score (nSPS) is 10.5. The van der Waals surface area contributed by atoms with Gasteiger partial charge in [-0.05, 0) is 0 Å². The van der Waals surface area contributed by atoms with Gasteiger partial charge in [0, 0.05) is 7.11 Å². The Balaban J connectivity index is 2.61. The summed E-state index contributed by atoms with van der Waals surface area (Å²) in [6.45, 7) is 0.640. The Morgan fingerprint density at radius 2 is 2.33 bits per heavy atom. The second-order valence-corrected chi connectivity index (χ2v) is 2.76. The summed E-state index contributed by atoms with van der Waals surface area (Å²) in [5, 5.41) is 0. The number of hydrogen-bond donors (Lipinski definition) is 1. The van der Waals surface area contributed by atoms with Crippen LogP contribution in [0.15, 0.2) is 11.0 Å². The van der Waals surface area contributed by atoms with E-state index in [9.17, 15) is 9.18 Å². The number of nitrogens with two attached hydrogens (primary N) is 1. The lowest BCUT2D eigenvalue weighted by molar-refractivity contribution is 0.0317. The molecular formula is C8H12FN3O3. The monoisotopic (exact) mass is 217 g/mol. The fraction of sp³-hybridized carbons (Fsp3) is 0.500. The van der Waals surface area contributed by atoms with Crippen molar-refractivity contribution in [2.75, 3.05) is 26.1 Å². The van der Waals surface area contributed by atoms with Crippen molar-refractivity contribution in [3.05, 3.63) is 22.5 Å². The molecular weight excluding hydrogens is 205 g/mol. The van der Waals surface area contributed by atoms with Crippen LogP contribution in [0.5, 0.6) is 0 Å². The molecule has 2 N–H and O–H groups in total. The van der Waals surface area contributed by atoms with Crippen molar-refractivity contribution in [3.63, 3.8) is 0 Å². The average Bonchev–Trinajstić information content (AvgIpc) is 2.20. The summed E-state index contributed by atoms with van der Waals surface area (Å²) in [5.41, 5.74) is 4.46. The van der Waals surface area contributed by atoms with E-state index in [4.69, 9.17) is 15.2 Å². The van der Waals surface area contributed by atoms with Crippen LogP contribution < -0.4 is 11.4 Å². The summed E-state index contributed by atoms with van der Waals surface area (Å²) in [4.78, 5) is 14.4. The summed E-state index contributed by atoms with van der Waals surface area (Å²) < 4.78 is 23.7. The topological polar surface area (TPSA) is 79.4 Å². The molecule has 0 spiro atoms. The molecule has 7 heteroatoms. The quantitative estimate of drug-likeness (QED) is 0.678. The molecule has 0 fully saturated rings. The third kappa shape index (κ3) is 3.30. The predicted molar refractivity (Wildman–Crippen MR) is 50.7 cm³/mol. The van der Waals surface area contributed by atoms with E-state index in [0.717, 1.165) is 10.8 Å². The molecule has 0 saturated heterocycles. The van der Waals surface area contributed by atoms with E-state index < -0.39 is 17.3 Å². The van der Waals surface area contributed by atoms with Gasteiger partial charge in [0.25, 0.3) is 0 Å². The van der Waals surface area contributed by atoms with Crippen LogP contribution in [0.4, 0.5) is 10.2 Å². The first-order chi connectivity index (χ1) is 7.15. The van der Waals surface area contributed by atoms with Gasteiger partial charge in [0.05, 0.1) is 19.4 Å². The summed E-state index contributed by atoms with van der Waals surface area (Å²) in [6.07, 6.45) is 0.956. The minimum atomic E-state index is -0.745. The van der Waals surface area contributed by atoms with E-state index in [0.29, 0.717) is 13.2 Å². The van der Waals surface area contributed by atoms with Crippen LogP contribution >= 0.6 is 0 Å². The summed E-state index contributed by atoms with van der Waals surface area (Å²) in [6, 6.07) is 0. The van der Waals surface area contributed by atoms with Crippen LogP contribution in [-0.2, 0) is 16.2 Å². The van der Waals surface area contributed by atoms with Crippen molar-refractivity contribution >= 4 is 5.82 Å². The zero-order valence-electron chi connectivity index (χ0n) is 8.27. The fourth-order valence-corrected chi connectivity index (χ4v) is 0.876. The van der Waals surface area contributed by atoms with Crippen LogP contribution in [0.2, 0.25) is 0 Å². The molecule has 0 aliphatic heterocycles. The molecule has 0 radical (unpaired) electrons. The van der Waals surface area contributed by atoms with E-state index in [1.807, 2.05) is 0 Å². The molecule has 0 unspecified atom stereocenters. The number of hydrogen-bond acceptors (Lipinski definition) is 5. The first kappa shape index (κ1) is 11.6. The highest BCUT2D eigenvalue weighted by Gasteiger charge is 2.04. The van der Waals surface area contributed by atoms with Gasteiger partial charge in [-0.3, -0.25) is 4.57 Å². The maximum Gasteiger partial charge on any atom is 0.351 e. The highest BCUT2D eigenvalue weighted by Crippen LogP contribution is 2.00. The molecule has 84 valence electrons. The Hall–Kier alpha value is -1.47. The first-order valence-corrected chi connectivity index (χ1v) is 4.24. The number of halogens is 1. The van der Waals surface area contributed by atoms with Crippen molar-refractivity contribution in [1.29, 1.82) is 0 Å². The number of anilines is 1. The molecule has 0 bridgehead atoms. The highest BCUT2D eigenvalue weighted by molar-refractivity contribution is 5.26. The summed E-state index contributed by atoms with van der Waals surface area (Å²) in [5.74, 6) is -1.15. The Labute approximate surface area is 85.4 Å². The van der Waals surface area contributed by atoms with Gasteiger partial charge in [-0.2, -0.15) is 4.98 Å². The fourth-order valence-electron chi connectivity index (χ4n) is 0.876. The van der Waals surface area contributed by atoms with Gasteiger partial charge in [0.2, 0.25) is 0 Å². The Morgan fingerprint density at radius 3 is 3.00 bits per heavy atom. The third-order valence-corrected chi connectivity index (χ3v) is 1.64. The van der Waals surface area contributed by atoms with Gasteiger partial charge in [0.1, 0.15) is 6.73 Å². The van der Waals surface area contributed by atoms with Gasteiger partial charge in [0.15, 0.2) is 11.6 Å². The molecule has 0 amide bonds. The molecule has 1 heterocycles. The maximum absolute atomic E-state index is 12.9. The Morgan fingerprint density at radius 1 is 1.60 bits per heavy atom. The minimum Gasteiger partial charge on any atom is -0.382 e. The molecule has 0 saturated carbocycles. The van der Waals surface area contributed by atoms with Gasteiger partial charge >= 0.3 is 5.69 Å². The largest absolute Gasteiger partial charge is 0.382 e. The number of nitrogens with zero attached hydrogens (tertiary/aromatic N) is 2. The summed E-state index contributed by atoms with van der Waals surface area (Å²) in [7, 11) is 1.53. The van der Waals surface area contributed by atoms with E-state index in [1.54, 1.807) is 0 Å². The van der Waals surface area contributed by atoms with E-state index in [2.05, 4.69) is 4.98 Å². The smallest absolute Gasteiger partial charge is 0.351 e. The van der Waals surface area contributed by atoms with Gasteiger partial charge in [-0.1, -0.05) is 0 Å². The predicted octanol–water partition coefficient (Wildman–Crippen LogP) is -0.415. The molecule has 0 aromatic carbocycles. The molecule has 1 aromatic heterocycles. The van der Waals surface area contributed by atoms with Crippen molar-refractivity contribution in [3.8, 4) is 0 Å². The number of rotatable bonds is 5. The third-order valence-electron chi connectivity index (χ3n) is 1.64. The molecule has 0 atom stereocenters. The number of nitrogen functional groups attached to an aromatic ring is 1. The van der Waals surface area contributed by atoms with Crippen molar-refractivity contribution in [2.24, 2.45) is 0 Å². The van der Waals surface area contributed by atoms with Crippen molar-refractivity contribution in [1.82, 2.24) is 9.55 Å². The standard InChI is InChI=1S/C8H12FN3O3/c1-14-2-3-15-5-12-4-6(9)7(10)11-8(12)13/h4H,2-3,5H2,1H3,(H2,10,11,13). The molecule has 1 aromatic rings. The molecule has 15 heavy (non-hydrogen) atoms. The van der Waals surface area contributed by atoms with E-state index in [-0.39, 0.29) is 6.73 Å². The lowest BCUT2D eigenvalue weighted by Gasteiger charge is -2.06. The van der Waals surface area contributed by atoms with Crippen molar-refractivity contribution < 1.29 is 13.9 Å². The SMILES string of the molecule is COCCOCn1cc(F)c(N)nc1=O. The maximum atomic E-state index is 12.9. The Kier molecular flexibility index (Phi) is 4.19. The van der Waals surface area contributed by atoms with Crippen molar-refractivity contribution in [2.45, 2.75) is 6.73 Å². The highest BCUT2D eigenvalue weighted by atomic mass is 19.1. The average molecular weight is 217 g/mol. The number of aromatic nitrogens is 2. The lowest BCUT2D eigenvalue weighted by atomic mass is 10.5. The lowest BCUT2D eigenvalue weighted by Crippen LogP contribution is -2.26. The van der Waals surface area contributed by atoms with Gasteiger partial charge in [-0.25, -0.2) is 9.18 Å². The van der Waals surface area contributed by atoms with Gasteiger partial charge in [-0.15, -0.1) is 0 Å². The zero-order valence-corrected chi connectivity index (χ0v) is 8.27. The summed E-state index contributed by atoms with van der Waals surface area (Å²) >= 11 is 0. The second-order valence-electron chi connectivity index (χ2n) is 2.76. The second kappa shape index (κ2) is 5.42. The van der Waals surface area contributed by atoms with E-state index in [1.165, 1.54) is 7.11 Å².